The third-order valence-electron chi connectivity index (χ3n) is 4.81. The number of anilines is 3. The van der Waals surface area contributed by atoms with Crippen LogP contribution in [0.15, 0.2) is 35.4 Å². The summed E-state index contributed by atoms with van der Waals surface area (Å²) in [6.07, 6.45) is 6.55. The molecule has 1 N–H and O–H groups in total. The molecule has 2 aliphatic rings. The van der Waals surface area contributed by atoms with Gasteiger partial charge in [0.05, 0.1) is 6.21 Å². The molecule has 0 saturated carbocycles. The molecule has 1 aromatic heterocycles. The van der Waals surface area contributed by atoms with E-state index < -0.39 is 0 Å². The predicted octanol–water partition coefficient (Wildman–Crippen LogP) is 3.78. The maximum Gasteiger partial charge on any atom is 0.229 e. The fraction of sp³-hybridized carbons (Fsp3) is 0.421. The molecule has 136 valence electrons. The summed E-state index contributed by atoms with van der Waals surface area (Å²) in [5.74, 6) is 2.49. The van der Waals surface area contributed by atoms with E-state index in [0.29, 0.717) is 10.8 Å². The Morgan fingerprint density at radius 2 is 1.65 bits per heavy atom. The monoisotopic (exact) mass is 370 g/mol. The topological polar surface area (TPSA) is 56.7 Å². The second-order valence-corrected chi connectivity index (χ2v) is 7.10. The number of rotatable bonds is 5. The summed E-state index contributed by atoms with van der Waals surface area (Å²) >= 11 is 6.17. The fourth-order valence-electron chi connectivity index (χ4n) is 3.39. The molecule has 7 heteroatoms. The SMILES string of the molecule is Clc1ccccc1/C=N/Nc1cc(N2CCCC2)nc(N2CCCC2)n1. The number of hydrogen-bond donors (Lipinski definition) is 1. The molecular weight excluding hydrogens is 348 g/mol. The van der Waals surface area contributed by atoms with Gasteiger partial charge in [0, 0.05) is 42.8 Å². The van der Waals surface area contributed by atoms with E-state index in [9.17, 15) is 0 Å². The van der Waals surface area contributed by atoms with E-state index in [0.717, 1.165) is 43.5 Å². The van der Waals surface area contributed by atoms with E-state index in [1.54, 1.807) is 6.21 Å². The Bertz CT molecular complexity index is 747. The second-order valence-electron chi connectivity index (χ2n) is 6.69. The van der Waals surface area contributed by atoms with Crippen molar-refractivity contribution in [2.24, 2.45) is 5.10 Å². The van der Waals surface area contributed by atoms with Gasteiger partial charge in [-0.3, -0.25) is 5.43 Å². The molecule has 2 saturated heterocycles. The van der Waals surface area contributed by atoms with Crippen LogP contribution in [0, 0.1) is 0 Å². The lowest BCUT2D eigenvalue weighted by Gasteiger charge is -2.21. The summed E-state index contributed by atoms with van der Waals surface area (Å²) in [6.45, 7) is 4.15. The number of nitrogens with one attached hydrogen (secondary N) is 1. The number of hydrogen-bond acceptors (Lipinski definition) is 6. The highest BCUT2D eigenvalue weighted by molar-refractivity contribution is 6.33. The van der Waals surface area contributed by atoms with Crippen molar-refractivity contribution in [2.45, 2.75) is 25.7 Å². The minimum Gasteiger partial charge on any atom is -0.356 e. The van der Waals surface area contributed by atoms with Crippen LogP contribution in [-0.4, -0.2) is 42.4 Å². The van der Waals surface area contributed by atoms with Gasteiger partial charge in [0.2, 0.25) is 5.95 Å². The molecule has 0 unspecified atom stereocenters. The molecule has 3 heterocycles. The van der Waals surface area contributed by atoms with Crippen LogP contribution in [0.5, 0.6) is 0 Å². The summed E-state index contributed by atoms with van der Waals surface area (Å²) < 4.78 is 0. The lowest BCUT2D eigenvalue weighted by Crippen LogP contribution is -2.24. The van der Waals surface area contributed by atoms with E-state index >= 15 is 0 Å². The first kappa shape index (κ1) is 17.1. The average molecular weight is 371 g/mol. The van der Waals surface area contributed by atoms with Crippen molar-refractivity contribution in [3.8, 4) is 0 Å². The maximum absolute atomic E-state index is 6.17. The normalized spacial score (nSPS) is 17.4. The molecule has 0 radical (unpaired) electrons. The number of aromatic nitrogens is 2. The number of halogens is 1. The Labute approximate surface area is 158 Å². The number of benzene rings is 1. The van der Waals surface area contributed by atoms with Gasteiger partial charge in [-0.15, -0.1) is 0 Å². The molecule has 26 heavy (non-hydrogen) atoms. The van der Waals surface area contributed by atoms with Crippen LogP contribution < -0.4 is 15.2 Å². The van der Waals surface area contributed by atoms with Crippen molar-refractivity contribution >= 4 is 35.4 Å². The van der Waals surface area contributed by atoms with Crippen molar-refractivity contribution in [3.63, 3.8) is 0 Å². The summed E-state index contributed by atoms with van der Waals surface area (Å²) in [4.78, 5) is 14.1. The Kier molecular flexibility index (Phi) is 5.20. The standard InChI is InChI=1S/C19H23ClN6/c20-16-8-2-1-7-15(16)14-21-24-17-13-18(25-9-3-4-10-25)23-19(22-17)26-11-5-6-12-26/h1-2,7-8,13-14H,3-6,9-12H2,(H,22,23,24)/b21-14+. The molecule has 4 rings (SSSR count). The highest BCUT2D eigenvalue weighted by atomic mass is 35.5. The summed E-state index contributed by atoms with van der Waals surface area (Å²) in [5, 5.41) is 5.00. The summed E-state index contributed by atoms with van der Waals surface area (Å²) in [5.41, 5.74) is 3.93. The first-order valence-corrected chi connectivity index (χ1v) is 9.60. The van der Waals surface area contributed by atoms with Crippen LogP contribution in [0.1, 0.15) is 31.2 Å². The van der Waals surface area contributed by atoms with Crippen molar-refractivity contribution in [3.05, 3.63) is 40.9 Å². The lowest BCUT2D eigenvalue weighted by atomic mass is 10.2. The fourth-order valence-corrected chi connectivity index (χ4v) is 3.58. The van der Waals surface area contributed by atoms with Gasteiger partial charge in [-0.1, -0.05) is 29.8 Å². The summed E-state index contributed by atoms with van der Waals surface area (Å²) in [6, 6.07) is 9.61. The Balaban J connectivity index is 1.56. The average Bonchev–Trinajstić information content (AvgIpc) is 3.37. The van der Waals surface area contributed by atoms with Crippen LogP contribution in [0.2, 0.25) is 5.02 Å². The molecule has 0 spiro atoms. The van der Waals surface area contributed by atoms with Crippen LogP contribution in [0.3, 0.4) is 0 Å². The highest BCUT2D eigenvalue weighted by Crippen LogP contribution is 2.25. The van der Waals surface area contributed by atoms with Gasteiger partial charge in [0.15, 0.2) is 5.82 Å². The van der Waals surface area contributed by atoms with Crippen molar-refractivity contribution in [2.75, 3.05) is 41.4 Å². The molecule has 1 aromatic carbocycles. The zero-order chi connectivity index (χ0) is 17.8. The molecule has 0 aliphatic carbocycles. The third kappa shape index (κ3) is 3.90. The van der Waals surface area contributed by atoms with Gasteiger partial charge >= 0.3 is 0 Å². The smallest absolute Gasteiger partial charge is 0.229 e. The van der Waals surface area contributed by atoms with E-state index in [1.165, 1.54) is 25.7 Å². The van der Waals surface area contributed by atoms with Gasteiger partial charge in [-0.2, -0.15) is 15.1 Å². The molecule has 2 fully saturated rings. The highest BCUT2D eigenvalue weighted by Gasteiger charge is 2.20. The van der Waals surface area contributed by atoms with Crippen LogP contribution in [0.25, 0.3) is 0 Å². The largest absolute Gasteiger partial charge is 0.356 e. The van der Waals surface area contributed by atoms with Crippen LogP contribution in [0.4, 0.5) is 17.6 Å². The number of nitrogens with zero attached hydrogens (tertiary/aromatic N) is 5. The van der Waals surface area contributed by atoms with E-state index in [-0.39, 0.29) is 0 Å². The zero-order valence-corrected chi connectivity index (χ0v) is 15.5. The van der Waals surface area contributed by atoms with Crippen LogP contribution >= 0.6 is 11.6 Å². The Hall–Kier alpha value is -2.34. The molecule has 0 atom stereocenters. The minimum atomic E-state index is 0.677. The van der Waals surface area contributed by atoms with E-state index in [1.807, 2.05) is 30.3 Å². The molecule has 6 nitrogen and oxygen atoms in total. The first-order chi connectivity index (χ1) is 12.8. The third-order valence-corrected chi connectivity index (χ3v) is 5.15. The Morgan fingerprint density at radius 1 is 0.962 bits per heavy atom. The molecule has 0 bridgehead atoms. The van der Waals surface area contributed by atoms with Crippen molar-refractivity contribution in [1.29, 1.82) is 0 Å². The molecular formula is C19H23ClN6. The zero-order valence-electron chi connectivity index (χ0n) is 14.7. The molecule has 0 amide bonds. The quantitative estimate of drug-likeness (QED) is 0.641. The molecule has 2 aromatic rings. The van der Waals surface area contributed by atoms with E-state index in [2.05, 4.69) is 25.3 Å². The van der Waals surface area contributed by atoms with E-state index in [4.69, 9.17) is 16.6 Å². The lowest BCUT2D eigenvalue weighted by molar-refractivity contribution is 0.871. The van der Waals surface area contributed by atoms with Crippen LogP contribution in [-0.2, 0) is 0 Å². The first-order valence-electron chi connectivity index (χ1n) is 9.22. The second kappa shape index (κ2) is 7.91. The van der Waals surface area contributed by atoms with Gasteiger partial charge in [-0.05, 0) is 31.7 Å². The maximum atomic E-state index is 6.17. The number of hydrazone groups is 1. The van der Waals surface area contributed by atoms with Crippen molar-refractivity contribution in [1.82, 2.24) is 9.97 Å². The molecule has 2 aliphatic heterocycles. The van der Waals surface area contributed by atoms with Crippen molar-refractivity contribution < 1.29 is 0 Å². The minimum absolute atomic E-state index is 0.677. The van der Waals surface area contributed by atoms with Gasteiger partial charge < -0.3 is 9.80 Å². The van der Waals surface area contributed by atoms with Gasteiger partial charge in [0.1, 0.15) is 5.82 Å². The Morgan fingerprint density at radius 3 is 2.38 bits per heavy atom. The predicted molar refractivity (Wildman–Crippen MR) is 108 cm³/mol. The van der Waals surface area contributed by atoms with Gasteiger partial charge in [0.25, 0.3) is 0 Å². The summed E-state index contributed by atoms with van der Waals surface area (Å²) in [7, 11) is 0. The van der Waals surface area contributed by atoms with Gasteiger partial charge in [-0.25, -0.2) is 0 Å².